The number of hydrogen-bond donors (Lipinski definition) is 4. The molecular formula is C26H38N4O2. The molecule has 0 unspecified atom stereocenters. The van der Waals surface area contributed by atoms with Gasteiger partial charge < -0.3 is 21.3 Å². The Balaban J connectivity index is 1.47. The van der Waals surface area contributed by atoms with E-state index in [1.54, 1.807) is 0 Å². The maximum atomic E-state index is 11.9. The molecule has 6 heteroatoms. The van der Waals surface area contributed by atoms with Gasteiger partial charge in [0.05, 0.1) is 0 Å². The van der Waals surface area contributed by atoms with Gasteiger partial charge in [0.25, 0.3) is 0 Å². The second-order valence-corrected chi connectivity index (χ2v) is 8.49. The molecule has 0 saturated heterocycles. The number of benzene rings is 2. The summed E-state index contributed by atoms with van der Waals surface area (Å²) in [6, 6.07) is 12.3. The number of aryl methyl sites for hydroxylation is 4. The molecular weight excluding hydrogens is 400 g/mol. The molecule has 0 aliphatic rings. The van der Waals surface area contributed by atoms with Crippen molar-refractivity contribution in [2.45, 2.75) is 66.5 Å². The van der Waals surface area contributed by atoms with Crippen LogP contribution in [0.3, 0.4) is 0 Å². The molecule has 6 nitrogen and oxygen atoms in total. The van der Waals surface area contributed by atoms with Crippen LogP contribution in [-0.4, -0.2) is 25.2 Å². The molecule has 4 N–H and O–H groups in total. The molecule has 0 aromatic heterocycles. The lowest BCUT2D eigenvalue weighted by Crippen LogP contribution is -2.36. The average molecular weight is 439 g/mol. The van der Waals surface area contributed by atoms with Crippen molar-refractivity contribution >= 4 is 12.1 Å². The van der Waals surface area contributed by atoms with Gasteiger partial charge in [0.2, 0.25) is 0 Å². The SMILES string of the molecule is Cc1ccc(C)c(CNC(=O)NCCCCCCNC(=O)NCc2cc(C)ccc2C)c1. The Morgan fingerprint density at radius 3 is 1.41 bits per heavy atom. The van der Waals surface area contributed by atoms with Gasteiger partial charge in [0, 0.05) is 26.2 Å². The van der Waals surface area contributed by atoms with Gasteiger partial charge >= 0.3 is 12.1 Å². The van der Waals surface area contributed by atoms with Crippen LogP contribution in [-0.2, 0) is 13.1 Å². The number of amides is 4. The maximum absolute atomic E-state index is 11.9. The zero-order valence-corrected chi connectivity index (χ0v) is 19.9. The lowest BCUT2D eigenvalue weighted by Gasteiger charge is -2.11. The number of nitrogens with one attached hydrogen (secondary N) is 4. The molecule has 2 rings (SSSR count). The first-order valence-corrected chi connectivity index (χ1v) is 11.5. The van der Waals surface area contributed by atoms with E-state index in [2.05, 4.69) is 85.4 Å². The first kappa shape index (κ1) is 25.2. The van der Waals surface area contributed by atoms with Crippen molar-refractivity contribution in [3.63, 3.8) is 0 Å². The Hall–Kier alpha value is -3.02. The third-order valence-electron chi connectivity index (χ3n) is 5.56. The van der Waals surface area contributed by atoms with E-state index in [9.17, 15) is 9.59 Å². The number of carbonyl (C=O) groups is 2. The summed E-state index contributed by atoms with van der Waals surface area (Å²) in [5.74, 6) is 0. The van der Waals surface area contributed by atoms with Crippen molar-refractivity contribution in [3.05, 3.63) is 69.8 Å². The zero-order chi connectivity index (χ0) is 23.3. The lowest BCUT2D eigenvalue weighted by molar-refractivity contribution is 0.239. The molecule has 4 amide bonds. The maximum Gasteiger partial charge on any atom is 0.315 e. The highest BCUT2D eigenvalue weighted by Crippen LogP contribution is 2.11. The van der Waals surface area contributed by atoms with Crippen molar-refractivity contribution in [1.29, 1.82) is 0 Å². The molecule has 0 fully saturated rings. The molecule has 0 radical (unpaired) electrons. The Morgan fingerprint density at radius 1 is 0.594 bits per heavy atom. The second kappa shape index (κ2) is 13.4. The number of carbonyl (C=O) groups excluding carboxylic acids is 2. The van der Waals surface area contributed by atoms with Crippen molar-refractivity contribution in [2.75, 3.05) is 13.1 Å². The highest BCUT2D eigenvalue weighted by atomic mass is 16.2. The number of unbranched alkanes of at least 4 members (excludes halogenated alkanes) is 3. The van der Waals surface area contributed by atoms with Crippen molar-refractivity contribution in [1.82, 2.24) is 21.3 Å². The van der Waals surface area contributed by atoms with Gasteiger partial charge in [0.15, 0.2) is 0 Å². The van der Waals surface area contributed by atoms with Crippen LogP contribution in [0.2, 0.25) is 0 Å². The minimum Gasteiger partial charge on any atom is -0.338 e. The summed E-state index contributed by atoms with van der Waals surface area (Å²) in [5.41, 5.74) is 7.05. The first-order valence-electron chi connectivity index (χ1n) is 11.5. The van der Waals surface area contributed by atoms with E-state index in [-0.39, 0.29) is 12.1 Å². The lowest BCUT2D eigenvalue weighted by atomic mass is 10.1. The van der Waals surface area contributed by atoms with Gasteiger partial charge in [-0.3, -0.25) is 0 Å². The highest BCUT2D eigenvalue weighted by molar-refractivity contribution is 5.74. The van der Waals surface area contributed by atoms with E-state index < -0.39 is 0 Å². The van der Waals surface area contributed by atoms with Crippen LogP contribution in [0.5, 0.6) is 0 Å². The molecule has 174 valence electrons. The molecule has 0 heterocycles. The molecule has 0 aliphatic heterocycles. The second-order valence-electron chi connectivity index (χ2n) is 8.49. The standard InChI is InChI=1S/C26H38N4O2/c1-19-9-11-21(3)23(15-19)17-29-25(31)27-13-7-5-6-8-14-28-26(32)30-18-24-16-20(2)10-12-22(24)4/h9-12,15-16H,5-8,13-14,17-18H2,1-4H3,(H2,27,29,31)(H2,28,30,32). The van der Waals surface area contributed by atoms with E-state index >= 15 is 0 Å². The molecule has 0 saturated carbocycles. The largest absolute Gasteiger partial charge is 0.338 e. The van der Waals surface area contributed by atoms with Gasteiger partial charge in [-0.25, -0.2) is 9.59 Å². The van der Waals surface area contributed by atoms with Crippen LogP contribution in [0.4, 0.5) is 9.59 Å². The van der Waals surface area contributed by atoms with Crippen molar-refractivity contribution in [3.8, 4) is 0 Å². The smallest absolute Gasteiger partial charge is 0.315 e. The Labute approximate surface area is 192 Å². The Kier molecular flexibility index (Phi) is 10.6. The predicted molar refractivity (Wildman–Crippen MR) is 131 cm³/mol. The third-order valence-corrected chi connectivity index (χ3v) is 5.56. The van der Waals surface area contributed by atoms with Crippen LogP contribution in [0, 0.1) is 27.7 Å². The van der Waals surface area contributed by atoms with Crippen LogP contribution < -0.4 is 21.3 Å². The Bertz CT molecular complexity index is 822. The fraction of sp³-hybridized carbons (Fsp3) is 0.462. The molecule has 0 aliphatic carbocycles. The van der Waals surface area contributed by atoms with Gasteiger partial charge in [-0.15, -0.1) is 0 Å². The molecule has 0 atom stereocenters. The zero-order valence-electron chi connectivity index (χ0n) is 19.9. The first-order chi connectivity index (χ1) is 15.3. The molecule has 0 bridgehead atoms. The highest BCUT2D eigenvalue weighted by Gasteiger charge is 2.04. The van der Waals surface area contributed by atoms with Gasteiger partial charge in [-0.1, -0.05) is 60.4 Å². The summed E-state index contributed by atoms with van der Waals surface area (Å²) in [4.78, 5) is 23.9. The van der Waals surface area contributed by atoms with Crippen molar-refractivity contribution in [2.24, 2.45) is 0 Å². The van der Waals surface area contributed by atoms with E-state index in [0.29, 0.717) is 26.2 Å². The fourth-order valence-corrected chi connectivity index (χ4v) is 3.46. The van der Waals surface area contributed by atoms with Crippen LogP contribution in [0.25, 0.3) is 0 Å². The van der Waals surface area contributed by atoms with Gasteiger partial charge in [0.1, 0.15) is 0 Å². The summed E-state index contributed by atoms with van der Waals surface area (Å²) in [6.07, 6.45) is 3.89. The van der Waals surface area contributed by atoms with Crippen LogP contribution in [0.15, 0.2) is 36.4 Å². The number of hydrogen-bond acceptors (Lipinski definition) is 2. The van der Waals surface area contributed by atoms with Crippen LogP contribution >= 0.6 is 0 Å². The molecule has 2 aromatic rings. The molecule has 32 heavy (non-hydrogen) atoms. The normalized spacial score (nSPS) is 10.5. The van der Waals surface area contributed by atoms with Gasteiger partial charge in [-0.2, -0.15) is 0 Å². The summed E-state index contributed by atoms with van der Waals surface area (Å²) < 4.78 is 0. The molecule has 2 aromatic carbocycles. The predicted octanol–water partition coefficient (Wildman–Crippen LogP) is 4.78. The number of urea groups is 2. The minimum atomic E-state index is -0.131. The Morgan fingerprint density at radius 2 is 1.00 bits per heavy atom. The fourth-order valence-electron chi connectivity index (χ4n) is 3.46. The number of rotatable bonds is 11. The van der Waals surface area contributed by atoms with E-state index in [0.717, 1.165) is 36.8 Å². The summed E-state index contributed by atoms with van der Waals surface area (Å²) in [5, 5.41) is 11.6. The van der Waals surface area contributed by atoms with E-state index in [1.807, 2.05) is 0 Å². The monoisotopic (exact) mass is 438 g/mol. The molecule has 0 spiro atoms. The summed E-state index contributed by atoms with van der Waals surface area (Å²) >= 11 is 0. The average Bonchev–Trinajstić information content (AvgIpc) is 2.76. The summed E-state index contributed by atoms with van der Waals surface area (Å²) in [7, 11) is 0. The van der Waals surface area contributed by atoms with Gasteiger partial charge in [-0.05, 0) is 62.8 Å². The third kappa shape index (κ3) is 9.41. The van der Waals surface area contributed by atoms with E-state index in [4.69, 9.17) is 0 Å². The quantitative estimate of drug-likeness (QED) is 0.381. The topological polar surface area (TPSA) is 82.3 Å². The van der Waals surface area contributed by atoms with E-state index in [1.165, 1.54) is 22.3 Å². The summed E-state index contributed by atoms with van der Waals surface area (Å²) in [6.45, 7) is 10.6. The minimum absolute atomic E-state index is 0.131. The van der Waals surface area contributed by atoms with Crippen molar-refractivity contribution < 1.29 is 9.59 Å². The van der Waals surface area contributed by atoms with Crippen LogP contribution in [0.1, 0.15) is 59.1 Å².